The highest BCUT2D eigenvalue weighted by Gasteiger charge is 2.05. The van der Waals surface area contributed by atoms with Crippen molar-refractivity contribution in [2.75, 3.05) is 11.1 Å². The van der Waals surface area contributed by atoms with Crippen molar-refractivity contribution in [1.82, 2.24) is 4.98 Å². The molecule has 5 heteroatoms. The number of anilines is 1. The topological polar surface area (TPSA) is 55.1 Å². The van der Waals surface area contributed by atoms with Crippen LogP contribution in [0.25, 0.3) is 11.1 Å². The van der Waals surface area contributed by atoms with E-state index in [2.05, 4.69) is 10.3 Å². The second kappa shape index (κ2) is 4.35. The number of nitrogens with one attached hydrogen (secondary N) is 1. The molecule has 1 heterocycles. The molecule has 2 rings (SSSR count). The van der Waals surface area contributed by atoms with Crippen LogP contribution in [0.4, 0.5) is 5.69 Å². The number of benzene rings is 1. The monoisotopic (exact) mass is 222 g/mol. The lowest BCUT2D eigenvalue weighted by Crippen LogP contribution is -1.92. The lowest BCUT2D eigenvalue weighted by atomic mass is 10.3. The Morgan fingerprint density at radius 3 is 3.20 bits per heavy atom. The number of hydrogen-bond donors (Lipinski definition) is 1. The van der Waals surface area contributed by atoms with Gasteiger partial charge in [-0.25, -0.2) is 4.98 Å². The molecule has 0 unspecified atom stereocenters. The highest BCUT2D eigenvalue weighted by atomic mass is 32.2. The molecule has 1 aromatic heterocycles. The smallest absolute Gasteiger partial charge is 0.256 e. The molecule has 0 saturated carbocycles. The summed E-state index contributed by atoms with van der Waals surface area (Å²) in [5.74, 6) is 0.923. The van der Waals surface area contributed by atoms with E-state index in [0.717, 1.165) is 11.3 Å². The van der Waals surface area contributed by atoms with E-state index in [4.69, 9.17) is 4.42 Å². The average Bonchev–Trinajstić information content (AvgIpc) is 2.60. The zero-order valence-corrected chi connectivity index (χ0v) is 9.00. The Hall–Kier alpha value is -1.49. The Morgan fingerprint density at radius 2 is 2.47 bits per heavy atom. The first kappa shape index (κ1) is 10.0. The van der Waals surface area contributed by atoms with E-state index in [1.165, 1.54) is 0 Å². The predicted molar refractivity (Wildman–Crippen MR) is 60.1 cm³/mol. The number of oxazole rings is 1. The summed E-state index contributed by atoms with van der Waals surface area (Å²) in [4.78, 5) is 14.5. The lowest BCUT2D eigenvalue weighted by Gasteiger charge is -1.95. The molecule has 4 nitrogen and oxygen atoms in total. The molecular formula is C10H10N2O2S. The summed E-state index contributed by atoms with van der Waals surface area (Å²) in [6.45, 7) is 2.04. The van der Waals surface area contributed by atoms with Crippen LogP contribution in [0.2, 0.25) is 0 Å². The van der Waals surface area contributed by atoms with Gasteiger partial charge >= 0.3 is 0 Å². The fraction of sp³-hybridized carbons (Fsp3) is 0.200. The van der Waals surface area contributed by atoms with Gasteiger partial charge in [0.15, 0.2) is 5.58 Å². The normalized spacial score (nSPS) is 10.5. The van der Waals surface area contributed by atoms with E-state index < -0.39 is 0 Å². The number of carbonyl (C=O) groups excluding carboxylic acids is 1. The first-order valence-corrected chi connectivity index (χ1v) is 5.55. The zero-order valence-electron chi connectivity index (χ0n) is 8.19. The highest BCUT2D eigenvalue weighted by Crippen LogP contribution is 2.25. The van der Waals surface area contributed by atoms with Crippen molar-refractivity contribution >= 4 is 35.0 Å². The van der Waals surface area contributed by atoms with Crippen molar-refractivity contribution in [2.45, 2.75) is 12.1 Å². The van der Waals surface area contributed by atoms with Gasteiger partial charge in [0.1, 0.15) is 5.52 Å². The molecule has 1 amide bonds. The van der Waals surface area contributed by atoms with Crippen molar-refractivity contribution in [3.8, 4) is 0 Å². The van der Waals surface area contributed by atoms with Gasteiger partial charge in [0.05, 0.1) is 0 Å². The van der Waals surface area contributed by atoms with E-state index in [0.29, 0.717) is 22.9 Å². The highest BCUT2D eigenvalue weighted by molar-refractivity contribution is 7.99. The van der Waals surface area contributed by atoms with E-state index in [1.54, 1.807) is 23.9 Å². The first-order valence-electron chi connectivity index (χ1n) is 4.57. The summed E-state index contributed by atoms with van der Waals surface area (Å²) in [6, 6.07) is 5.38. The predicted octanol–water partition coefficient (Wildman–Crippen LogP) is 2.51. The van der Waals surface area contributed by atoms with Gasteiger partial charge in [0, 0.05) is 11.8 Å². The fourth-order valence-electron chi connectivity index (χ4n) is 1.25. The van der Waals surface area contributed by atoms with E-state index in [-0.39, 0.29) is 0 Å². The molecule has 0 aliphatic carbocycles. The van der Waals surface area contributed by atoms with Gasteiger partial charge in [-0.05, 0) is 17.9 Å². The minimum absolute atomic E-state index is 0.638. The molecule has 0 saturated heterocycles. The van der Waals surface area contributed by atoms with Gasteiger partial charge in [-0.3, -0.25) is 4.79 Å². The maximum Gasteiger partial charge on any atom is 0.256 e. The molecule has 0 atom stereocenters. The Labute approximate surface area is 91.1 Å². The molecule has 0 fully saturated rings. The minimum Gasteiger partial charge on any atom is -0.431 e. The molecule has 0 aliphatic heterocycles. The molecule has 0 aliphatic rings. The summed E-state index contributed by atoms with van der Waals surface area (Å²) < 4.78 is 5.49. The first-order chi connectivity index (χ1) is 7.33. The largest absolute Gasteiger partial charge is 0.431 e. The standard InChI is InChI=1S/C10H10N2O2S/c1-2-15-10-12-8-4-3-7(11-6-13)5-9(8)14-10/h3-6H,2H2,1H3,(H,11,13). The summed E-state index contributed by atoms with van der Waals surface area (Å²) in [5, 5.41) is 3.23. The zero-order chi connectivity index (χ0) is 10.7. The Bertz CT molecular complexity index is 481. The molecule has 0 spiro atoms. The number of aromatic nitrogens is 1. The van der Waals surface area contributed by atoms with Crippen molar-refractivity contribution in [3.05, 3.63) is 18.2 Å². The number of fused-ring (bicyclic) bond motifs is 1. The lowest BCUT2D eigenvalue weighted by molar-refractivity contribution is -0.105. The maximum absolute atomic E-state index is 10.3. The molecule has 78 valence electrons. The second-order valence-electron chi connectivity index (χ2n) is 2.86. The third-order valence-electron chi connectivity index (χ3n) is 1.86. The van der Waals surface area contributed by atoms with Crippen LogP contribution >= 0.6 is 11.8 Å². The van der Waals surface area contributed by atoms with Crippen LogP contribution in [0.1, 0.15) is 6.92 Å². The molecule has 15 heavy (non-hydrogen) atoms. The molecule has 1 N–H and O–H groups in total. The van der Waals surface area contributed by atoms with Gasteiger partial charge in [-0.15, -0.1) is 0 Å². The molecular weight excluding hydrogens is 212 g/mol. The maximum atomic E-state index is 10.3. The van der Waals surface area contributed by atoms with Gasteiger partial charge in [-0.1, -0.05) is 18.7 Å². The number of carbonyl (C=O) groups is 1. The molecule has 0 radical (unpaired) electrons. The number of hydrogen-bond acceptors (Lipinski definition) is 4. The quantitative estimate of drug-likeness (QED) is 0.638. The van der Waals surface area contributed by atoms with Crippen molar-refractivity contribution < 1.29 is 9.21 Å². The fourth-order valence-corrected chi connectivity index (χ4v) is 1.81. The molecule has 2 aromatic rings. The van der Waals surface area contributed by atoms with Crippen LogP contribution in [0.15, 0.2) is 27.8 Å². The average molecular weight is 222 g/mol. The van der Waals surface area contributed by atoms with Crippen molar-refractivity contribution in [2.24, 2.45) is 0 Å². The van der Waals surface area contributed by atoms with Crippen LogP contribution < -0.4 is 5.32 Å². The van der Waals surface area contributed by atoms with Gasteiger partial charge in [0.25, 0.3) is 5.22 Å². The van der Waals surface area contributed by atoms with Gasteiger partial charge in [-0.2, -0.15) is 0 Å². The van der Waals surface area contributed by atoms with Crippen LogP contribution in [0.3, 0.4) is 0 Å². The third-order valence-corrected chi connectivity index (χ3v) is 2.57. The van der Waals surface area contributed by atoms with Crippen LogP contribution in [0.5, 0.6) is 0 Å². The van der Waals surface area contributed by atoms with E-state index >= 15 is 0 Å². The summed E-state index contributed by atoms with van der Waals surface area (Å²) >= 11 is 1.55. The van der Waals surface area contributed by atoms with E-state index in [1.807, 2.05) is 13.0 Å². The van der Waals surface area contributed by atoms with Gasteiger partial charge in [0.2, 0.25) is 6.41 Å². The van der Waals surface area contributed by atoms with Gasteiger partial charge < -0.3 is 9.73 Å². The SMILES string of the molecule is CCSc1nc2ccc(NC=O)cc2o1. The van der Waals surface area contributed by atoms with E-state index in [9.17, 15) is 4.79 Å². The molecule has 1 aromatic carbocycles. The number of thioether (sulfide) groups is 1. The van der Waals surface area contributed by atoms with Crippen LogP contribution in [0, 0.1) is 0 Å². The number of amides is 1. The Kier molecular flexibility index (Phi) is 2.91. The minimum atomic E-state index is 0.638. The number of rotatable bonds is 4. The van der Waals surface area contributed by atoms with Crippen molar-refractivity contribution in [3.63, 3.8) is 0 Å². The number of nitrogens with zero attached hydrogens (tertiary/aromatic N) is 1. The van der Waals surface area contributed by atoms with Crippen LogP contribution in [-0.2, 0) is 4.79 Å². The van der Waals surface area contributed by atoms with Crippen LogP contribution in [-0.4, -0.2) is 17.1 Å². The summed E-state index contributed by atoms with van der Waals surface area (Å²) in [6.07, 6.45) is 0.638. The summed E-state index contributed by atoms with van der Waals surface area (Å²) in [7, 11) is 0. The summed E-state index contributed by atoms with van der Waals surface area (Å²) in [5.41, 5.74) is 2.21. The molecule has 0 bridgehead atoms. The Balaban J connectivity index is 2.38. The Morgan fingerprint density at radius 1 is 1.60 bits per heavy atom. The van der Waals surface area contributed by atoms with Crippen molar-refractivity contribution in [1.29, 1.82) is 0 Å². The second-order valence-corrected chi connectivity index (χ2v) is 4.07. The third kappa shape index (κ3) is 2.12.